The first kappa shape index (κ1) is 31.0. The summed E-state index contributed by atoms with van der Waals surface area (Å²) < 4.78 is 33.9. The van der Waals surface area contributed by atoms with Gasteiger partial charge in [0.15, 0.2) is 0 Å². The highest BCUT2D eigenvalue weighted by Gasteiger charge is 2.33. The van der Waals surface area contributed by atoms with Gasteiger partial charge >= 0.3 is 0 Å². The van der Waals surface area contributed by atoms with Crippen LogP contribution in [0.1, 0.15) is 38.8 Å². The third kappa shape index (κ3) is 7.99. The van der Waals surface area contributed by atoms with Gasteiger partial charge in [-0.25, -0.2) is 8.42 Å². The monoisotopic (exact) mass is 585 g/mol. The van der Waals surface area contributed by atoms with E-state index in [9.17, 15) is 18.0 Å². The van der Waals surface area contributed by atoms with E-state index in [0.717, 1.165) is 15.4 Å². The van der Waals surface area contributed by atoms with Crippen LogP contribution in [0.2, 0.25) is 5.02 Å². The van der Waals surface area contributed by atoms with E-state index in [1.54, 1.807) is 19.1 Å². The van der Waals surface area contributed by atoms with Crippen LogP contribution < -0.4 is 14.4 Å². The summed E-state index contributed by atoms with van der Waals surface area (Å²) in [6.45, 7) is 8.73. The normalized spacial score (nSPS) is 12.4. The van der Waals surface area contributed by atoms with Gasteiger partial charge in [-0.15, -0.1) is 0 Å². The Bertz CT molecular complexity index is 1440. The number of methoxy groups -OCH3 is 1. The number of rotatable bonds is 10. The minimum absolute atomic E-state index is 0.0141. The number of sulfonamides is 1. The standard InChI is InChI=1S/C30H36ClN3O5S/c1-21-8-7-9-23(18-21)19-33(22(2)29(36)32-30(3,4)5)28(35)20-34(25-12-10-24(31)11-13-25)40(37,38)27-16-14-26(39-6)15-17-27/h7-18,22H,19-20H2,1-6H3,(H,32,36). The molecular formula is C30H36ClN3O5S. The lowest BCUT2D eigenvalue weighted by molar-refractivity contribution is -0.140. The van der Waals surface area contributed by atoms with Crippen molar-refractivity contribution in [2.24, 2.45) is 0 Å². The third-order valence-corrected chi connectivity index (χ3v) is 8.18. The number of nitrogens with one attached hydrogen (secondary N) is 1. The van der Waals surface area contributed by atoms with Crippen LogP contribution in [-0.2, 0) is 26.2 Å². The third-order valence-electron chi connectivity index (χ3n) is 6.14. The van der Waals surface area contributed by atoms with E-state index in [-0.39, 0.29) is 23.0 Å². The van der Waals surface area contributed by atoms with E-state index in [2.05, 4.69) is 5.32 Å². The molecule has 1 atom stereocenters. The van der Waals surface area contributed by atoms with E-state index in [0.29, 0.717) is 10.8 Å². The fourth-order valence-electron chi connectivity index (χ4n) is 4.07. The summed E-state index contributed by atoms with van der Waals surface area (Å²) in [6.07, 6.45) is 0. The van der Waals surface area contributed by atoms with Crippen LogP contribution in [0.25, 0.3) is 0 Å². The predicted octanol–water partition coefficient (Wildman–Crippen LogP) is 5.18. The zero-order chi connectivity index (χ0) is 29.7. The Morgan fingerprint density at radius 1 is 1.00 bits per heavy atom. The van der Waals surface area contributed by atoms with Gasteiger partial charge in [-0.1, -0.05) is 41.4 Å². The number of hydrogen-bond acceptors (Lipinski definition) is 5. The van der Waals surface area contributed by atoms with Gasteiger partial charge < -0.3 is 15.0 Å². The average molecular weight is 586 g/mol. The number of ether oxygens (including phenoxy) is 1. The van der Waals surface area contributed by atoms with Crippen LogP contribution in [-0.4, -0.2) is 50.4 Å². The topological polar surface area (TPSA) is 96.0 Å². The molecule has 3 rings (SSSR count). The number of anilines is 1. The molecule has 0 saturated carbocycles. The Balaban J connectivity index is 2.03. The Hall–Kier alpha value is -3.56. The van der Waals surface area contributed by atoms with Crippen molar-refractivity contribution in [3.05, 3.63) is 88.9 Å². The fourth-order valence-corrected chi connectivity index (χ4v) is 5.62. The van der Waals surface area contributed by atoms with Gasteiger partial charge in [-0.05, 0) is 88.7 Å². The molecular weight excluding hydrogens is 550 g/mol. The van der Waals surface area contributed by atoms with Crippen LogP contribution >= 0.6 is 11.6 Å². The van der Waals surface area contributed by atoms with Gasteiger partial charge in [0, 0.05) is 17.1 Å². The van der Waals surface area contributed by atoms with Crippen molar-refractivity contribution >= 4 is 39.1 Å². The molecule has 0 bridgehead atoms. The van der Waals surface area contributed by atoms with E-state index < -0.39 is 34.1 Å². The lowest BCUT2D eigenvalue weighted by Gasteiger charge is -2.33. The number of amides is 2. The van der Waals surface area contributed by atoms with E-state index in [1.165, 1.54) is 48.4 Å². The summed E-state index contributed by atoms with van der Waals surface area (Å²) >= 11 is 6.07. The highest BCUT2D eigenvalue weighted by molar-refractivity contribution is 7.92. The zero-order valence-electron chi connectivity index (χ0n) is 23.6. The molecule has 8 nitrogen and oxygen atoms in total. The van der Waals surface area contributed by atoms with E-state index in [4.69, 9.17) is 16.3 Å². The molecule has 3 aromatic rings. The van der Waals surface area contributed by atoms with Crippen molar-refractivity contribution in [3.63, 3.8) is 0 Å². The molecule has 0 aromatic heterocycles. The lowest BCUT2D eigenvalue weighted by atomic mass is 10.1. The SMILES string of the molecule is COc1ccc(S(=O)(=O)N(CC(=O)N(Cc2cccc(C)c2)C(C)C(=O)NC(C)(C)C)c2ccc(Cl)cc2)cc1. The Morgan fingerprint density at radius 2 is 1.62 bits per heavy atom. The summed E-state index contributed by atoms with van der Waals surface area (Å²) in [5, 5.41) is 3.34. The van der Waals surface area contributed by atoms with E-state index in [1.807, 2.05) is 52.0 Å². The first-order valence-corrected chi connectivity index (χ1v) is 14.6. The second-order valence-electron chi connectivity index (χ2n) is 10.6. The number of hydrogen-bond donors (Lipinski definition) is 1. The second-order valence-corrected chi connectivity index (χ2v) is 12.9. The van der Waals surface area contributed by atoms with Gasteiger partial charge in [-0.2, -0.15) is 0 Å². The molecule has 1 N–H and O–H groups in total. The number of aryl methyl sites for hydroxylation is 1. The largest absolute Gasteiger partial charge is 0.497 e. The molecule has 0 heterocycles. The smallest absolute Gasteiger partial charge is 0.264 e. The number of carbonyl (C=O) groups excluding carboxylic acids is 2. The molecule has 3 aromatic carbocycles. The van der Waals surface area contributed by atoms with Crippen molar-refractivity contribution < 1.29 is 22.7 Å². The first-order valence-electron chi connectivity index (χ1n) is 12.8. The molecule has 0 aliphatic carbocycles. The minimum Gasteiger partial charge on any atom is -0.497 e. The number of benzene rings is 3. The van der Waals surface area contributed by atoms with Crippen LogP contribution in [0.15, 0.2) is 77.7 Å². The van der Waals surface area contributed by atoms with Crippen molar-refractivity contribution in [2.75, 3.05) is 18.0 Å². The molecule has 0 radical (unpaired) electrons. The molecule has 0 aliphatic heterocycles. The molecule has 2 amide bonds. The summed E-state index contributed by atoms with van der Waals surface area (Å²) in [5.41, 5.74) is 1.56. The van der Waals surface area contributed by atoms with Crippen molar-refractivity contribution in [1.82, 2.24) is 10.2 Å². The molecule has 214 valence electrons. The summed E-state index contributed by atoms with van der Waals surface area (Å²) in [4.78, 5) is 28.5. The van der Waals surface area contributed by atoms with Crippen molar-refractivity contribution in [3.8, 4) is 5.75 Å². The maximum atomic E-state index is 14.0. The van der Waals surface area contributed by atoms with Crippen LogP contribution in [0, 0.1) is 6.92 Å². The number of carbonyl (C=O) groups is 2. The zero-order valence-corrected chi connectivity index (χ0v) is 25.2. The second kappa shape index (κ2) is 12.7. The quantitative estimate of drug-likeness (QED) is 0.353. The summed E-state index contributed by atoms with van der Waals surface area (Å²) in [5.74, 6) is -0.384. The first-order chi connectivity index (χ1) is 18.7. The summed E-state index contributed by atoms with van der Waals surface area (Å²) in [7, 11) is -2.70. The maximum Gasteiger partial charge on any atom is 0.264 e. The minimum atomic E-state index is -4.19. The van der Waals surface area contributed by atoms with Gasteiger partial charge in [-0.3, -0.25) is 13.9 Å². The lowest BCUT2D eigenvalue weighted by Crippen LogP contribution is -2.54. The van der Waals surface area contributed by atoms with E-state index >= 15 is 0 Å². The van der Waals surface area contributed by atoms with Crippen LogP contribution in [0.3, 0.4) is 0 Å². The molecule has 0 spiro atoms. The fraction of sp³-hybridized carbons (Fsp3) is 0.333. The Labute approximate surface area is 241 Å². The number of halogens is 1. The molecule has 10 heteroatoms. The number of nitrogens with zero attached hydrogens (tertiary/aromatic N) is 2. The van der Waals surface area contributed by atoms with Gasteiger partial charge in [0.2, 0.25) is 11.8 Å². The maximum absolute atomic E-state index is 14.0. The van der Waals surface area contributed by atoms with Gasteiger partial charge in [0.1, 0.15) is 18.3 Å². The average Bonchev–Trinajstić information content (AvgIpc) is 2.89. The molecule has 0 aliphatic rings. The van der Waals surface area contributed by atoms with Gasteiger partial charge in [0.25, 0.3) is 10.0 Å². The highest BCUT2D eigenvalue weighted by Crippen LogP contribution is 2.27. The van der Waals surface area contributed by atoms with Gasteiger partial charge in [0.05, 0.1) is 17.7 Å². The van der Waals surface area contributed by atoms with Crippen molar-refractivity contribution in [1.29, 1.82) is 0 Å². The predicted molar refractivity (Wildman–Crippen MR) is 158 cm³/mol. The highest BCUT2D eigenvalue weighted by atomic mass is 35.5. The Kier molecular flexibility index (Phi) is 9.87. The molecule has 0 saturated heterocycles. The van der Waals surface area contributed by atoms with Crippen molar-refractivity contribution in [2.45, 2.75) is 57.6 Å². The van der Waals surface area contributed by atoms with Crippen LogP contribution in [0.5, 0.6) is 5.75 Å². The molecule has 1 unspecified atom stereocenters. The molecule has 40 heavy (non-hydrogen) atoms. The molecule has 0 fully saturated rings. The Morgan fingerprint density at radius 3 is 2.17 bits per heavy atom. The van der Waals surface area contributed by atoms with Crippen LogP contribution in [0.4, 0.5) is 5.69 Å². The summed E-state index contributed by atoms with van der Waals surface area (Å²) in [6, 6.07) is 18.9.